The number of halogens is 7. The fraction of sp³-hybridized carbons (Fsp3) is 0.353. The third kappa shape index (κ3) is 7.79. The van der Waals surface area contributed by atoms with Crippen molar-refractivity contribution >= 4 is 17.7 Å². The first kappa shape index (κ1) is 36.7. The first-order chi connectivity index (χ1) is 23.6. The van der Waals surface area contributed by atoms with Crippen LogP contribution < -0.4 is 10.2 Å². The van der Waals surface area contributed by atoms with E-state index >= 15 is 13.2 Å². The van der Waals surface area contributed by atoms with Crippen LogP contribution in [-0.4, -0.2) is 38.8 Å². The van der Waals surface area contributed by atoms with Crippen LogP contribution in [0.25, 0.3) is 22.7 Å². The summed E-state index contributed by atoms with van der Waals surface area (Å²) in [5.41, 5.74) is -5.54. The number of pyridine rings is 1. The van der Waals surface area contributed by atoms with Gasteiger partial charge in [0.15, 0.2) is 0 Å². The smallest absolute Gasteiger partial charge is 0.417 e. The number of hydrogen-bond acceptors (Lipinski definition) is 8. The molecule has 0 unspecified atom stereocenters. The van der Waals surface area contributed by atoms with E-state index in [1.807, 2.05) is 6.07 Å². The van der Waals surface area contributed by atoms with Gasteiger partial charge in [0.25, 0.3) is 11.8 Å². The van der Waals surface area contributed by atoms with Gasteiger partial charge in [0.1, 0.15) is 34.4 Å². The number of carbonyl (C=O) groups excluding carboxylic acids is 2. The van der Waals surface area contributed by atoms with Crippen LogP contribution in [0.5, 0.6) is 0 Å². The molecule has 2 aromatic carbocycles. The number of rotatable bonds is 6. The third-order valence-corrected chi connectivity index (χ3v) is 7.69. The summed E-state index contributed by atoms with van der Waals surface area (Å²) in [6.07, 6.45) is -6.78. The number of nitrogens with zero attached hydrogens (tertiary/aromatic N) is 5. The Morgan fingerprint density at radius 2 is 1.73 bits per heavy atom. The molecule has 5 rings (SSSR count). The summed E-state index contributed by atoms with van der Waals surface area (Å²) in [4.78, 5) is 31.2. The number of hydrogen-bond donors (Lipinski definition) is 1. The quantitative estimate of drug-likeness (QED) is 0.200. The predicted octanol–water partition coefficient (Wildman–Crippen LogP) is 7.82. The molecule has 1 aliphatic heterocycles. The Morgan fingerprint density at radius 3 is 2.31 bits per heavy atom. The van der Waals surface area contributed by atoms with Gasteiger partial charge in [0.05, 0.1) is 29.4 Å². The number of ether oxygens (including phenoxy) is 1. The fourth-order valence-electron chi connectivity index (χ4n) is 5.12. The van der Waals surface area contributed by atoms with E-state index < -0.39 is 99.7 Å². The summed E-state index contributed by atoms with van der Waals surface area (Å²) >= 11 is 0. The second-order valence-corrected chi connectivity index (χ2v) is 13.3. The standard InChI is InChI=1S/C34H29F7N6O4/c1-31(2,3)51-30(49)44-24-13-33(37,38)21-12-22(35)20(27-45-46-29(50-27)32(4,5)16-42)11-25(21)47(28(24)48)15-17-6-8-18(9-7-17)26-23(36)10-19(14-43-26)34(39,40)41/h6-12,14,24H,13,15H2,1-5H3,(H,44,49)/t24-/m1/s1. The molecule has 2 amide bonds. The second kappa shape index (κ2) is 13.0. The van der Waals surface area contributed by atoms with E-state index in [4.69, 9.17) is 9.15 Å². The molecule has 51 heavy (non-hydrogen) atoms. The normalized spacial score (nSPS) is 16.3. The van der Waals surface area contributed by atoms with Crippen LogP contribution >= 0.6 is 0 Å². The van der Waals surface area contributed by atoms with Gasteiger partial charge in [-0.2, -0.15) is 18.4 Å². The van der Waals surface area contributed by atoms with Crippen LogP contribution in [0.1, 0.15) is 63.6 Å². The van der Waals surface area contributed by atoms with Gasteiger partial charge in [0, 0.05) is 23.7 Å². The highest BCUT2D eigenvalue weighted by molar-refractivity contribution is 6.01. The summed E-state index contributed by atoms with van der Waals surface area (Å²) in [5.74, 6) is -8.03. The predicted molar refractivity (Wildman–Crippen MR) is 166 cm³/mol. The number of aromatic nitrogens is 3. The van der Waals surface area contributed by atoms with Gasteiger partial charge in [-0.15, -0.1) is 10.2 Å². The Bertz CT molecular complexity index is 2030. The highest BCUT2D eigenvalue weighted by Crippen LogP contribution is 2.45. The summed E-state index contributed by atoms with van der Waals surface area (Å²) in [7, 11) is 0. The molecule has 0 saturated carbocycles. The molecule has 268 valence electrons. The van der Waals surface area contributed by atoms with E-state index in [-0.39, 0.29) is 17.0 Å². The van der Waals surface area contributed by atoms with Crippen molar-refractivity contribution in [2.24, 2.45) is 0 Å². The molecule has 3 heterocycles. The number of fused-ring (bicyclic) bond motifs is 1. The molecule has 0 aliphatic carbocycles. The Hall–Kier alpha value is -5.53. The Labute approximate surface area is 286 Å². The Kier molecular flexibility index (Phi) is 9.35. The second-order valence-electron chi connectivity index (χ2n) is 13.3. The molecular weight excluding hydrogens is 689 g/mol. The Morgan fingerprint density at radius 1 is 1.06 bits per heavy atom. The molecule has 1 aliphatic rings. The van der Waals surface area contributed by atoms with Crippen LogP contribution in [-0.2, 0) is 33.6 Å². The van der Waals surface area contributed by atoms with Crippen molar-refractivity contribution in [2.75, 3.05) is 4.90 Å². The average Bonchev–Trinajstić information content (AvgIpc) is 3.51. The lowest BCUT2D eigenvalue weighted by Gasteiger charge is -2.27. The molecule has 0 spiro atoms. The van der Waals surface area contributed by atoms with Crippen LogP contribution in [0.3, 0.4) is 0 Å². The third-order valence-electron chi connectivity index (χ3n) is 7.69. The molecular formula is C34H29F7N6O4. The molecule has 0 bridgehead atoms. The molecule has 0 saturated heterocycles. The van der Waals surface area contributed by atoms with Crippen molar-refractivity contribution < 1.29 is 49.5 Å². The van der Waals surface area contributed by atoms with Gasteiger partial charge in [-0.3, -0.25) is 9.78 Å². The van der Waals surface area contributed by atoms with Crippen LogP contribution in [0.4, 0.5) is 41.2 Å². The summed E-state index contributed by atoms with van der Waals surface area (Å²) in [6, 6.07) is 7.13. The number of nitriles is 1. The van der Waals surface area contributed by atoms with E-state index in [0.29, 0.717) is 18.3 Å². The van der Waals surface area contributed by atoms with Crippen molar-refractivity contribution in [3.05, 3.63) is 82.9 Å². The number of benzene rings is 2. The zero-order valence-electron chi connectivity index (χ0n) is 27.6. The molecule has 4 aromatic rings. The van der Waals surface area contributed by atoms with Gasteiger partial charge in [0.2, 0.25) is 11.8 Å². The number of amides is 2. The minimum Gasteiger partial charge on any atom is -0.444 e. The maximum absolute atomic E-state index is 15.9. The number of alkyl halides is 5. The van der Waals surface area contributed by atoms with Crippen LogP contribution in [0.15, 0.2) is 53.1 Å². The molecule has 1 atom stereocenters. The van der Waals surface area contributed by atoms with Gasteiger partial charge in [-0.1, -0.05) is 24.3 Å². The Balaban J connectivity index is 1.58. The molecule has 1 N–H and O–H groups in total. The van der Waals surface area contributed by atoms with Gasteiger partial charge >= 0.3 is 12.3 Å². The van der Waals surface area contributed by atoms with Gasteiger partial charge in [-0.05, 0) is 58.4 Å². The number of alkyl carbamates (subject to hydrolysis) is 1. The monoisotopic (exact) mass is 718 g/mol. The number of nitrogens with one attached hydrogen (secondary N) is 1. The first-order valence-corrected chi connectivity index (χ1v) is 15.2. The topological polar surface area (TPSA) is 134 Å². The molecule has 10 nitrogen and oxygen atoms in total. The number of anilines is 1. The zero-order chi connectivity index (χ0) is 37.7. The SMILES string of the molecule is CC(C)(C)OC(=O)N[C@@H]1CC(F)(F)c2cc(F)c(-c3nnc(C(C)(C)C#N)o3)cc2N(Cc2ccc(-c3ncc(C(F)(F)F)cc3F)cc2)C1=O. The van der Waals surface area contributed by atoms with E-state index in [0.717, 1.165) is 11.0 Å². The first-order valence-electron chi connectivity index (χ1n) is 15.2. The van der Waals surface area contributed by atoms with Crippen molar-refractivity contribution in [2.45, 2.75) is 76.7 Å². The van der Waals surface area contributed by atoms with Crippen molar-refractivity contribution in [3.63, 3.8) is 0 Å². The maximum Gasteiger partial charge on any atom is 0.417 e. The minimum absolute atomic E-state index is 0.0698. The van der Waals surface area contributed by atoms with Crippen molar-refractivity contribution in [1.82, 2.24) is 20.5 Å². The lowest BCUT2D eigenvalue weighted by molar-refractivity contribution is -0.138. The van der Waals surface area contributed by atoms with Crippen molar-refractivity contribution in [3.8, 4) is 28.8 Å². The number of carbonyl (C=O) groups is 2. The molecule has 2 aromatic heterocycles. The van der Waals surface area contributed by atoms with Crippen LogP contribution in [0.2, 0.25) is 0 Å². The summed E-state index contributed by atoms with van der Waals surface area (Å²) < 4.78 is 112. The zero-order valence-corrected chi connectivity index (χ0v) is 27.6. The summed E-state index contributed by atoms with van der Waals surface area (Å²) in [5, 5.41) is 19.2. The van der Waals surface area contributed by atoms with Crippen molar-refractivity contribution in [1.29, 1.82) is 5.26 Å². The highest BCUT2D eigenvalue weighted by Gasteiger charge is 2.47. The molecule has 0 radical (unpaired) electrons. The van der Waals surface area contributed by atoms with E-state index in [9.17, 15) is 32.4 Å². The molecule has 0 fully saturated rings. The van der Waals surface area contributed by atoms with Crippen LogP contribution in [0, 0.1) is 23.0 Å². The van der Waals surface area contributed by atoms with Gasteiger partial charge in [-0.25, -0.2) is 22.4 Å². The van der Waals surface area contributed by atoms with E-state index in [2.05, 4.69) is 20.5 Å². The molecule has 17 heteroatoms. The highest BCUT2D eigenvalue weighted by atomic mass is 19.4. The lowest BCUT2D eigenvalue weighted by atomic mass is 9.96. The van der Waals surface area contributed by atoms with Gasteiger partial charge < -0.3 is 19.4 Å². The minimum atomic E-state index is -4.82. The largest absolute Gasteiger partial charge is 0.444 e. The maximum atomic E-state index is 15.9. The fourth-order valence-corrected chi connectivity index (χ4v) is 5.12. The summed E-state index contributed by atoms with van der Waals surface area (Å²) in [6.45, 7) is 7.05. The van der Waals surface area contributed by atoms with E-state index in [1.165, 1.54) is 58.9 Å². The van der Waals surface area contributed by atoms with E-state index in [1.54, 1.807) is 0 Å². The average molecular weight is 719 g/mol. The lowest BCUT2D eigenvalue weighted by Crippen LogP contribution is -2.49.